The third-order valence-electron chi connectivity index (χ3n) is 6.19. The van der Waals surface area contributed by atoms with Gasteiger partial charge in [0.2, 0.25) is 0 Å². The Hall–Kier alpha value is -3.61. The molecule has 7 heteroatoms. The molecule has 0 radical (unpaired) electrons. The van der Waals surface area contributed by atoms with E-state index in [0.717, 1.165) is 46.9 Å². The summed E-state index contributed by atoms with van der Waals surface area (Å²) in [6.45, 7) is 8.06. The fourth-order valence-electron chi connectivity index (χ4n) is 4.14. The van der Waals surface area contributed by atoms with Gasteiger partial charge in [0, 0.05) is 31.6 Å². The summed E-state index contributed by atoms with van der Waals surface area (Å²) in [5.74, 6) is 1.19. The minimum Gasteiger partial charge on any atom is -0.401 e. The van der Waals surface area contributed by atoms with Gasteiger partial charge in [-0.3, -0.25) is 9.39 Å². The maximum atomic E-state index is 6.56. The summed E-state index contributed by atoms with van der Waals surface area (Å²) in [6, 6.07) is 10.3. The first-order chi connectivity index (χ1) is 15.3. The topological polar surface area (TPSA) is 97.8 Å². The summed E-state index contributed by atoms with van der Waals surface area (Å²) in [6.07, 6.45) is 6.08. The number of fused-ring (bicyclic) bond motifs is 1. The van der Waals surface area contributed by atoms with Gasteiger partial charge in [0.05, 0.1) is 23.1 Å². The SMILES string of the molecule is C=CC(C(=NC)C(c1ccc(C)cc1)N(C)c1cc(N)c2nnc(C)n2c1)=C(N)C1CC1. The van der Waals surface area contributed by atoms with Gasteiger partial charge in [-0.25, -0.2) is 0 Å². The lowest BCUT2D eigenvalue weighted by Crippen LogP contribution is -2.33. The fourth-order valence-corrected chi connectivity index (χ4v) is 4.14. The van der Waals surface area contributed by atoms with Crippen molar-refractivity contribution in [3.63, 3.8) is 0 Å². The maximum absolute atomic E-state index is 6.56. The zero-order chi connectivity index (χ0) is 23.0. The molecule has 1 atom stereocenters. The molecule has 1 saturated carbocycles. The van der Waals surface area contributed by atoms with E-state index < -0.39 is 0 Å². The summed E-state index contributed by atoms with van der Waals surface area (Å²) in [4.78, 5) is 6.90. The standard InChI is InChI=1S/C25H31N7/c1-6-20(22(27)17-11-12-17)23(28-4)24(18-9-7-15(2)8-10-18)31(5)19-13-21(26)25-30-29-16(3)32(25)14-19/h6-10,13-14,17,24H,1,11-12,26-27H2,2-5H3. The lowest BCUT2D eigenvalue weighted by atomic mass is 9.92. The molecule has 1 aliphatic carbocycles. The highest BCUT2D eigenvalue weighted by Gasteiger charge is 2.31. The fraction of sp³-hybridized carbons (Fsp3) is 0.320. The normalized spacial score (nSPS) is 16.1. The van der Waals surface area contributed by atoms with Crippen molar-refractivity contribution < 1.29 is 0 Å². The number of nitrogen functional groups attached to an aromatic ring is 1. The van der Waals surface area contributed by atoms with E-state index in [1.54, 1.807) is 0 Å². The highest BCUT2D eigenvalue weighted by molar-refractivity contribution is 6.08. The van der Waals surface area contributed by atoms with Gasteiger partial charge in [-0.15, -0.1) is 10.2 Å². The van der Waals surface area contributed by atoms with Crippen molar-refractivity contribution in [1.29, 1.82) is 0 Å². The van der Waals surface area contributed by atoms with Crippen LogP contribution in [0.1, 0.15) is 35.8 Å². The molecule has 2 heterocycles. The minimum atomic E-state index is -0.181. The molecule has 2 aromatic heterocycles. The van der Waals surface area contributed by atoms with Crippen molar-refractivity contribution in [1.82, 2.24) is 14.6 Å². The zero-order valence-corrected chi connectivity index (χ0v) is 19.2. The highest BCUT2D eigenvalue weighted by Crippen LogP contribution is 2.38. The van der Waals surface area contributed by atoms with E-state index >= 15 is 0 Å². The van der Waals surface area contributed by atoms with Crippen molar-refractivity contribution in [3.05, 3.63) is 77.4 Å². The lowest BCUT2D eigenvalue weighted by Gasteiger charge is -2.33. The quantitative estimate of drug-likeness (QED) is 0.437. The van der Waals surface area contributed by atoms with E-state index in [2.05, 4.69) is 52.9 Å². The van der Waals surface area contributed by atoms with E-state index in [1.807, 2.05) is 43.8 Å². The van der Waals surface area contributed by atoms with Gasteiger partial charge < -0.3 is 16.4 Å². The molecule has 1 unspecified atom stereocenters. The molecule has 0 bridgehead atoms. The molecule has 0 aliphatic heterocycles. The average molecular weight is 430 g/mol. The van der Waals surface area contributed by atoms with E-state index in [0.29, 0.717) is 17.3 Å². The number of anilines is 2. The number of pyridine rings is 1. The number of aliphatic imine (C=N–C) groups is 1. The first-order valence-corrected chi connectivity index (χ1v) is 10.8. The summed E-state index contributed by atoms with van der Waals surface area (Å²) in [5.41, 5.74) is 20.0. The Morgan fingerprint density at radius 1 is 1.25 bits per heavy atom. The van der Waals surface area contributed by atoms with Crippen molar-refractivity contribution >= 4 is 22.7 Å². The maximum Gasteiger partial charge on any atom is 0.184 e. The molecule has 1 fully saturated rings. The van der Waals surface area contributed by atoms with Crippen LogP contribution in [-0.2, 0) is 0 Å². The van der Waals surface area contributed by atoms with Gasteiger partial charge in [0.25, 0.3) is 0 Å². The molecule has 4 N–H and O–H groups in total. The van der Waals surface area contributed by atoms with Crippen molar-refractivity contribution in [2.24, 2.45) is 16.6 Å². The molecule has 4 rings (SSSR count). The number of rotatable bonds is 7. The monoisotopic (exact) mass is 429 g/mol. The van der Waals surface area contributed by atoms with Gasteiger partial charge in [-0.1, -0.05) is 42.5 Å². The molecule has 1 aromatic carbocycles. The minimum absolute atomic E-state index is 0.181. The summed E-state index contributed by atoms with van der Waals surface area (Å²) >= 11 is 0. The molecular weight excluding hydrogens is 398 g/mol. The van der Waals surface area contributed by atoms with Crippen LogP contribution in [0.15, 0.2) is 65.4 Å². The van der Waals surface area contributed by atoms with Gasteiger partial charge in [-0.2, -0.15) is 0 Å². The molecule has 7 nitrogen and oxygen atoms in total. The second-order valence-electron chi connectivity index (χ2n) is 8.47. The molecule has 3 aromatic rings. The van der Waals surface area contributed by atoms with E-state index in [4.69, 9.17) is 16.5 Å². The molecular formula is C25H31N7. The van der Waals surface area contributed by atoms with Crippen LogP contribution in [0.4, 0.5) is 11.4 Å². The van der Waals surface area contributed by atoms with Crippen LogP contribution in [0.3, 0.4) is 0 Å². The number of nitrogens with zero attached hydrogens (tertiary/aromatic N) is 5. The van der Waals surface area contributed by atoms with E-state index in [-0.39, 0.29) is 6.04 Å². The largest absolute Gasteiger partial charge is 0.401 e. The van der Waals surface area contributed by atoms with Gasteiger partial charge >= 0.3 is 0 Å². The Kier molecular flexibility index (Phi) is 5.74. The Balaban J connectivity index is 1.88. The van der Waals surface area contributed by atoms with Crippen LogP contribution in [0.2, 0.25) is 0 Å². The van der Waals surface area contributed by atoms with Crippen LogP contribution < -0.4 is 16.4 Å². The van der Waals surface area contributed by atoms with E-state index in [9.17, 15) is 0 Å². The Bertz CT molecular complexity index is 1210. The first-order valence-electron chi connectivity index (χ1n) is 10.8. The average Bonchev–Trinajstić information content (AvgIpc) is 3.57. The summed E-state index contributed by atoms with van der Waals surface area (Å²) < 4.78 is 1.92. The molecule has 166 valence electrons. The summed E-state index contributed by atoms with van der Waals surface area (Å²) in [7, 11) is 3.86. The van der Waals surface area contributed by atoms with Gasteiger partial charge in [0.15, 0.2) is 5.65 Å². The Labute approximate surface area is 189 Å². The Morgan fingerprint density at radius 2 is 1.94 bits per heavy atom. The first kappa shape index (κ1) is 21.6. The van der Waals surface area contributed by atoms with Crippen molar-refractivity contribution in [2.45, 2.75) is 32.7 Å². The van der Waals surface area contributed by atoms with E-state index in [1.165, 1.54) is 5.56 Å². The van der Waals surface area contributed by atoms with Crippen LogP contribution >= 0.6 is 0 Å². The van der Waals surface area contributed by atoms with Crippen molar-refractivity contribution in [3.8, 4) is 0 Å². The zero-order valence-electron chi connectivity index (χ0n) is 19.2. The van der Waals surface area contributed by atoms with Crippen LogP contribution in [0.5, 0.6) is 0 Å². The molecule has 0 spiro atoms. The van der Waals surface area contributed by atoms with Crippen molar-refractivity contribution in [2.75, 3.05) is 24.7 Å². The third-order valence-corrected chi connectivity index (χ3v) is 6.19. The van der Waals surface area contributed by atoms with Gasteiger partial charge in [-0.05, 0) is 44.2 Å². The Morgan fingerprint density at radius 3 is 2.53 bits per heavy atom. The molecule has 1 aliphatic rings. The number of aromatic nitrogens is 3. The second kappa shape index (κ2) is 8.49. The lowest BCUT2D eigenvalue weighted by molar-refractivity contribution is 0.835. The highest BCUT2D eigenvalue weighted by atomic mass is 15.3. The number of nitrogens with two attached hydrogens (primary N) is 2. The van der Waals surface area contributed by atoms with Crippen LogP contribution in [0, 0.1) is 19.8 Å². The molecule has 0 saturated heterocycles. The summed E-state index contributed by atoms with van der Waals surface area (Å²) in [5, 5.41) is 8.35. The molecule has 32 heavy (non-hydrogen) atoms. The number of allylic oxidation sites excluding steroid dienone is 2. The smallest absolute Gasteiger partial charge is 0.184 e. The number of benzene rings is 1. The van der Waals surface area contributed by atoms with Crippen LogP contribution in [-0.4, -0.2) is 34.4 Å². The van der Waals surface area contributed by atoms with Crippen LogP contribution in [0.25, 0.3) is 5.65 Å². The number of hydrogen-bond acceptors (Lipinski definition) is 6. The van der Waals surface area contributed by atoms with Gasteiger partial charge in [0.1, 0.15) is 5.82 Å². The second-order valence-corrected chi connectivity index (χ2v) is 8.47. The predicted molar refractivity (Wildman–Crippen MR) is 132 cm³/mol. The molecule has 0 amide bonds. The number of aryl methyl sites for hydroxylation is 2. The third kappa shape index (κ3) is 3.86. The number of hydrogen-bond donors (Lipinski definition) is 2. The predicted octanol–water partition coefficient (Wildman–Crippen LogP) is 3.99.